The van der Waals surface area contributed by atoms with E-state index >= 15 is 0 Å². The van der Waals surface area contributed by atoms with Gasteiger partial charge in [0.05, 0.1) is 9.73 Å². The normalized spacial score (nSPS) is 14.8. The maximum Gasteiger partial charge on any atom is 0.0723 e. The number of aryl methyl sites for hydroxylation is 1. The Morgan fingerprint density at radius 2 is 1.86 bits per heavy atom. The van der Waals surface area contributed by atoms with Crippen molar-refractivity contribution in [3.05, 3.63) is 29.8 Å². The second-order valence-electron chi connectivity index (χ2n) is 3.47. The van der Waals surface area contributed by atoms with Gasteiger partial charge in [-0.05, 0) is 25.5 Å². The largest absolute Gasteiger partial charge is 0.245 e. The molecule has 1 rings (SSSR count). The average molecular weight is 211 g/mol. The van der Waals surface area contributed by atoms with Crippen LogP contribution in [0.1, 0.15) is 18.9 Å². The molecular weight excluding hydrogens is 194 g/mol. The van der Waals surface area contributed by atoms with Gasteiger partial charge < -0.3 is 0 Å². The van der Waals surface area contributed by atoms with Crippen molar-refractivity contribution in [2.24, 2.45) is 4.36 Å². The molecule has 0 saturated carbocycles. The topological polar surface area (TPSA) is 29.4 Å². The number of hydrogen-bond donors (Lipinski definition) is 0. The van der Waals surface area contributed by atoms with Gasteiger partial charge in [0.1, 0.15) is 0 Å². The lowest BCUT2D eigenvalue weighted by molar-refractivity contribution is 0.678. The Balaban J connectivity index is 3.04. The highest BCUT2D eigenvalue weighted by Crippen LogP contribution is 2.12. The zero-order chi connectivity index (χ0) is 10.6. The SMILES string of the molecule is CCCN=S(C)(=O)c1ccc(C)cc1. The van der Waals surface area contributed by atoms with Gasteiger partial charge >= 0.3 is 0 Å². The summed E-state index contributed by atoms with van der Waals surface area (Å²) >= 11 is 0. The molecule has 2 nitrogen and oxygen atoms in total. The fraction of sp³-hybridized carbons (Fsp3) is 0.455. The lowest BCUT2D eigenvalue weighted by atomic mass is 10.2. The van der Waals surface area contributed by atoms with Crippen molar-refractivity contribution >= 4 is 9.73 Å². The average Bonchev–Trinajstić information content (AvgIpc) is 2.16. The molecule has 78 valence electrons. The minimum absolute atomic E-state index is 0.670. The fourth-order valence-electron chi connectivity index (χ4n) is 1.13. The Kier molecular flexibility index (Phi) is 3.69. The molecule has 0 spiro atoms. The van der Waals surface area contributed by atoms with Gasteiger partial charge in [0, 0.05) is 17.7 Å². The van der Waals surface area contributed by atoms with Crippen LogP contribution in [0.5, 0.6) is 0 Å². The van der Waals surface area contributed by atoms with Gasteiger partial charge in [-0.2, -0.15) is 0 Å². The second kappa shape index (κ2) is 4.60. The van der Waals surface area contributed by atoms with E-state index in [2.05, 4.69) is 4.36 Å². The Labute approximate surface area is 86.5 Å². The first-order valence-corrected chi connectivity index (χ1v) is 6.73. The molecule has 0 saturated heterocycles. The molecule has 3 heteroatoms. The van der Waals surface area contributed by atoms with Crippen LogP contribution in [0, 0.1) is 6.92 Å². The summed E-state index contributed by atoms with van der Waals surface area (Å²) in [6.45, 7) is 4.72. The van der Waals surface area contributed by atoms with Gasteiger partial charge in [-0.25, -0.2) is 8.57 Å². The van der Waals surface area contributed by atoms with Gasteiger partial charge in [-0.3, -0.25) is 0 Å². The van der Waals surface area contributed by atoms with Crippen LogP contribution in [-0.4, -0.2) is 17.0 Å². The van der Waals surface area contributed by atoms with E-state index in [-0.39, 0.29) is 0 Å². The van der Waals surface area contributed by atoms with Crippen LogP contribution < -0.4 is 0 Å². The van der Waals surface area contributed by atoms with E-state index in [9.17, 15) is 4.21 Å². The Bertz CT molecular complexity index is 400. The molecule has 0 fully saturated rings. The predicted molar refractivity (Wildman–Crippen MR) is 61.1 cm³/mol. The van der Waals surface area contributed by atoms with Gasteiger partial charge in [0.15, 0.2) is 0 Å². The van der Waals surface area contributed by atoms with E-state index in [0.717, 1.165) is 11.3 Å². The molecule has 0 aliphatic heterocycles. The lowest BCUT2D eigenvalue weighted by Crippen LogP contribution is -1.98. The molecule has 0 aliphatic carbocycles. The zero-order valence-corrected chi connectivity index (χ0v) is 9.80. The van der Waals surface area contributed by atoms with Gasteiger partial charge in [-0.15, -0.1) is 0 Å². The summed E-state index contributed by atoms with van der Waals surface area (Å²) in [7, 11) is -2.16. The number of benzene rings is 1. The highest BCUT2D eigenvalue weighted by atomic mass is 32.2. The lowest BCUT2D eigenvalue weighted by Gasteiger charge is -2.04. The molecular formula is C11H17NOS. The summed E-state index contributed by atoms with van der Waals surface area (Å²) in [6, 6.07) is 7.74. The molecule has 0 N–H and O–H groups in total. The van der Waals surface area contributed by atoms with E-state index < -0.39 is 9.73 Å². The van der Waals surface area contributed by atoms with Crippen LogP contribution in [0.3, 0.4) is 0 Å². The first-order valence-electron chi connectivity index (χ1n) is 4.81. The third-order valence-electron chi connectivity index (χ3n) is 2.02. The van der Waals surface area contributed by atoms with Crippen molar-refractivity contribution in [3.63, 3.8) is 0 Å². The van der Waals surface area contributed by atoms with E-state index in [0.29, 0.717) is 6.54 Å². The van der Waals surface area contributed by atoms with Crippen LogP contribution >= 0.6 is 0 Å². The van der Waals surface area contributed by atoms with E-state index in [4.69, 9.17) is 0 Å². The van der Waals surface area contributed by atoms with Crippen molar-refractivity contribution < 1.29 is 4.21 Å². The van der Waals surface area contributed by atoms with Crippen LogP contribution in [0.4, 0.5) is 0 Å². The van der Waals surface area contributed by atoms with Gasteiger partial charge in [0.2, 0.25) is 0 Å². The van der Waals surface area contributed by atoms with Gasteiger partial charge in [-0.1, -0.05) is 24.6 Å². The van der Waals surface area contributed by atoms with Crippen molar-refractivity contribution in [3.8, 4) is 0 Å². The van der Waals surface area contributed by atoms with Crippen molar-refractivity contribution in [1.29, 1.82) is 0 Å². The molecule has 1 atom stereocenters. The van der Waals surface area contributed by atoms with Crippen molar-refractivity contribution in [2.75, 3.05) is 12.8 Å². The molecule has 0 heterocycles. The first-order chi connectivity index (χ1) is 6.56. The molecule has 1 aromatic carbocycles. The van der Waals surface area contributed by atoms with Crippen LogP contribution in [0.15, 0.2) is 33.5 Å². The van der Waals surface area contributed by atoms with Gasteiger partial charge in [0.25, 0.3) is 0 Å². The summed E-state index contributed by atoms with van der Waals surface area (Å²) < 4.78 is 16.3. The number of hydrogen-bond acceptors (Lipinski definition) is 2. The monoisotopic (exact) mass is 211 g/mol. The highest BCUT2D eigenvalue weighted by Gasteiger charge is 2.03. The van der Waals surface area contributed by atoms with Crippen molar-refractivity contribution in [2.45, 2.75) is 25.2 Å². The maximum atomic E-state index is 12.1. The second-order valence-corrected chi connectivity index (χ2v) is 5.80. The van der Waals surface area contributed by atoms with Crippen LogP contribution in [0.25, 0.3) is 0 Å². The summed E-state index contributed by atoms with van der Waals surface area (Å²) in [5.74, 6) is 0. The Morgan fingerprint density at radius 3 is 2.36 bits per heavy atom. The zero-order valence-electron chi connectivity index (χ0n) is 8.99. The summed E-state index contributed by atoms with van der Waals surface area (Å²) in [6.07, 6.45) is 2.64. The minimum Gasteiger partial charge on any atom is -0.245 e. The fourth-order valence-corrected chi connectivity index (χ4v) is 2.45. The Morgan fingerprint density at radius 1 is 1.29 bits per heavy atom. The van der Waals surface area contributed by atoms with Crippen LogP contribution in [-0.2, 0) is 9.73 Å². The molecule has 14 heavy (non-hydrogen) atoms. The van der Waals surface area contributed by atoms with E-state index in [1.165, 1.54) is 5.56 Å². The molecule has 0 radical (unpaired) electrons. The molecule has 0 aliphatic rings. The number of nitrogens with zero attached hydrogens (tertiary/aromatic N) is 1. The smallest absolute Gasteiger partial charge is 0.0723 e. The molecule has 0 amide bonds. The minimum atomic E-state index is -2.16. The molecule has 0 aromatic heterocycles. The van der Waals surface area contributed by atoms with E-state index in [1.54, 1.807) is 6.26 Å². The quantitative estimate of drug-likeness (QED) is 0.756. The first kappa shape index (κ1) is 11.2. The third-order valence-corrected chi connectivity index (χ3v) is 3.84. The standard InChI is InChI=1S/C11H17NOS/c1-4-9-12-14(3,13)11-7-5-10(2)6-8-11/h5-8H,4,9H2,1-3H3. The summed E-state index contributed by atoms with van der Waals surface area (Å²) in [5, 5.41) is 0. The molecule has 0 bridgehead atoms. The maximum absolute atomic E-state index is 12.1. The predicted octanol–water partition coefficient (Wildman–Crippen LogP) is 2.86. The summed E-state index contributed by atoms with van der Waals surface area (Å²) in [4.78, 5) is 0.830. The highest BCUT2D eigenvalue weighted by molar-refractivity contribution is 7.93. The molecule has 1 aromatic rings. The van der Waals surface area contributed by atoms with E-state index in [1.807, 2.05) is 38.1 Å². The summed E-state index contributed by atoms with van der Waals surface area (Å²) in [5.41, 5.74) is 1.18. The third kappa shape index (κ3) is 2.84. The number of rotatable bonds is 3. The Hall–Kier alpha value is -0.830. The van der Waals surface area contributed by atoms with Crippen molar-refractivity contribution in [1.82, 2.24) is 0 Å². The molecule has 1 unspecified atom stereocenters. The van der Waals surface area contributed by atoms with Crippen LogP contribution in [0.2, 0.25) is 0 Å².